The minimum absolute atomic E-state index is 0.0746. The fourth-order valence-corrected chi connectivity index (χ4v) is 1.10. The second-order valence-electron chi connectivity index (χ2n) is 2.13. The van der Waals surface area contributed by atoms with Crippen LogP contribution in [-0.4, -0.2) is 13.4 Å². The molecule has 1 rings (SSSR count). The van der Waals surface area contributed by atoms with Gasteiger partial charge < -0.3 is 4.74 Å². The Bertz CT molecular complexity index is 312. The van der Waals surface area contributed by atoms with Crippen LogP contribution in [0.2, 0.25) is 5.02 Å². The number of benzene rings is 1. The normalized spacial score (nSPS) is 9.58. The molecule has 0 heterocycles. The summed E-state index contributed by atoms with van der Waals surface area (Å²) in [6.45, 7) is 0. The molecule has 0 spiro atoms. The topological polar surface area (TPSA) is 26.3 Å². The Balaban J connectivity index is 3.33. The average molecular weight is 189 g/mol. The molecule has 1 aromatic rings. The maximum absolute atomic E-state index is 12.9. The third-order valence-corrected chi connectivity index (χ3v) is 1.59. The minimum Gasteiger partial charge on any atom is -0.493 e. The Kier molecular flexibility index (Phi) is 2.65. The summed E-state index contributed by atoms with van der Waals surface area (Å²) in [5.74, 6) is -0.707. The molecule has 1 aromatic carbocycles. The third-order valence-electron chi connectivity index (χ3n) is 1.37. The molecule has 4 heteroatoms. The van der Waals surface area contributed by atoms with E-state index in [9.17, 15) is 9.18 Å². The third kappa shape index (κ3) is 1.56. The van der Waals surface area contributed by atoms with Gasteiger partial charge in [-0.1, -0.05) is 11.6 Å². The van der Waals surface area contributed by atoms with Gasteiger partial charge in [-0.25, -0.2) is 4.39 Å². The van der Waals surface area contributed by atoms with Crippen molar-refractivity contribution in [1.29, 1.82) is 0 Å². The molecule has 0 unspecified atom stereocenters. The summed E-state index contributed by atoms with van der Waals surface area (Å²) in [5, 5.41) is 0.176. The second kappa shape index (κ2) is 3.54. The molecule has 0 radical (unpaired) electrons. The smallest absolute Gasteiger partial charge is 0.167 e. The summed E-state index contributed by atoms with van der Waals surface area (Å²) < 4.78 is 17.6. The van der Waals surface area contributed by atoms with Crippen LogP contribution in [0.3, 0.4) is 0 Å². The maximum atomic E-state index is 12.9. The highest BCUT2D eigenvalue weighted by atomic mass is 35.5. The van der Waals surface area contributed by atoms with Crippen molar-refractivity contribution in [3.63, 3.8) is 0 Å². The minimum atomic E-state index is -0.632. The van der Waals surface area contributed by atoms with Crippen molar-refractivity contribution in [2.45, 2.75) is 0 Å². The lowest BCUT2D eigenvalue weighted by atomic mass is 10.2. The van der Waals surface area contributed by atoms with Gasteiger partial charge in [0.2, 0.25) is 0 Å². The highest BCUT2D eigenvalue weighted by Crippen LogP contribution is 2.25. The van der Waals surface area contributed by atoms with Gasteiger partial charge in [-0.15, -0.1) is 0 Å². The number of hydrogen-bond acceptors (Lipinski definition) is 2. The lowest BCUT2D eigenvalue weighted by Gasteiger charge is -2.04. The van der Waals surface area contributed by atoms with Crippen LogP contribution in [0.1, 0.15) is 10.4 Å². The van der Waals surface area contributed by atoms with Gasteiger partial charge in [-0.05, 0) is 12.1 Å². The van der Waals surface area contributed by atoms with Gasteiger partial charge >= 0.3 is 0 Å². The molecule has 0 fully saturated rings. The summed E-state index contributed by atoms with van der Waals surface area (Å²) in [7, 11) is 1.29. The van der Waals surface area contributed by atoms with E-state index in [2.05, 4.69) is 4.74 Å². The van der Waals surface area contributed by atoms with Crippen LogP contribution in [0.15, 0.2) is 12.1 Å². The van der Waals surface area contributed by atoms with Crippen LogP contribution in [0.4, 0.5) is 4.39 Å². The van der Waals surface area contributed by atoms with Crippen LogP contribution in [-0.2, 0) is 0 Å². The molecule has 0 aliphatic heterocycles. The van der Waals surface area contributed by atoms with Crippen molar-refractivity contribution in [2.24, 2.45) is 0 Å². The molecule has 64 valence electrons. The Morgan fingerprint density at radius 2 is 2.25 bits per heavy atom. The molecule has 0 bridgehead atoms. The first-order chi connectivity index (χ1) is 5.69. The number of aldehydes is 1. The number of carbonyl (C=O) groups excluding carboxylic acids is 1. The average Bonchev–Trinajstić information content (AvgIpc) is 2.03. The van der Waals surface area contributed by atoms with Gasteiger partial charge in [0, 0.05) is 5.02 Å². The van der Waals surface area contributed by atoms with E-state index >= 15 is 0 Å². The number of halogens is 2. The van der Waals surface area contributed by atoms with Gasteiger partial charge in [-0.3, -0.25) is 4.79 Å². The van der Waals surface area contributed by atoms with Crippen molar-refractivity contribution in [3.8, 4) is 5.75 Å². The Hall–Kier alpha value is -1.09. The molecule has 0 N–H and O–H groups in total. The molecule has 0 aliphatic carbocycles. The van der Waals surface area contributed by atoms with Gasteiger partial charge in [0.1, 0.15) is 0 Å². The van der Waals surface area contributed by atoms with E-state index in [1.807, 2.05) is 0 Å². The predicted molar refractivity (Wildman–Crippen MR) is 43.3 cm³/mol. The molecule has 12 heavy (non-hydrogen) atoms. The van der Waals surface area contributed by atoms with Gasteiger partial charge in [-0.2, -0.15) is 0 Å². The zero-order chi connectivity index (χ0) is 9.14. The number of carbonyl (C=O) groups is 1. The lowest BCUT2D eigenvalue weighted by Crippen LogP contribution is -1.94. The molecule has 0 aromatic heterocycles. The van der Waals surface area contributed by atoms with E-state index in [0.717, 1.165) is 6.07 Å². The van der Waals surface area contributed by atoms with Crippen LogP contribution in [0.5, 0.6) is 5.75 Å². The van der Waals surface area contributed by atoms with E-state index in [1.54, 1.807) is 0 Å². The summed E-state index contributed by atoms with van der Waals surface area (Å²) >= 11 is 5.50. The van der Waals surface area contributed by atoms with Gasteiger partial charge in [0.05, 0.1) is 12.7 Å². The Labute approximate surface area is 73.9 Å². The van der Waals surface area contributed by atoms with Crippen molar-refractivity contribution < 1.29 is 13.9 Å². The molecule has 0 atom stereocenters. The fraction of sp³-hybridized carbons (Fsp3) is 0.125. The number of rotatable bonds is 2. The van der Waals surface area contributed by atoms with Crippen LogP contribution < -0.4 is 4.74 Å². The molecular weight excluding hydrogens is 183 g/mol. The first-order valence-electron chi connectivity index (χ1n) is 3.17. The summed E-state index contributed by atoms with van der Waals surface area (Å²) in [6, 6.07) is 2.43. The molecule has 0 saturated heterocycles. The molecule has 0 amide bonds. The quantitative estimate of drug-likeness (QED) is 0.666. The van der Waals surface area contributed by atoms with Crippen LogP contribution in [0, 0.1) is 5.82 Å². The number of hydrogen-bond donors (Lipinski definition) is 0. The van der Waals surface area contributed by atoms with Crippen molar-refractivity contribution in [2.75, 3.05) is 7.11 Å². The summed E-state index contributed by atoms with van der Waals surface area (Å²) in [5.41, 5.74) is 0.113. The highest BCUT2D eigenvalue weighted by molar-refractivity contribution is 6.30. The van der Waals surface area contributed by atoms with Crippen molar-refractivity contribution in [1.82, 2.24) is 0 Å². The molecule has 0 aliphatic rings. The zero-order valence-corrected chi connectivity index (χ0v) is 7.06. The van der Waals surface area contributed by atoms with Gasteiger partial charge in [0.25, 0.3) is 0 Å². The number of methoxy groups -OCH3 is 1. The van der Waals surface area contributed by atoms with E-state index in [4.69, 9.17) is 11.6 Å². The van der Waals surface area contributed by atoms with Crippen molar-refractivity contribution >= 4 is 17.9 Å². The Morgan fingerprint density at radius 3 is 2.75 bits per heavy atom. The van der Waals surface area contributed by atoms with E-state index in [-0.39, 0.29) is 16.3 Å². The summed E-state index contributed by atoms with van der Waals surface area (Å²) in [6.07, 6.45) is 0.494. The second-order valence-corrected chi connectivity index (χ2v) is 2.56. The highest BCUT2D eigenvalue weighted by Gasteiger charge is 2.09. The van der Waals surface area contributed by atoms with Gasteiger partial charge in [0.15, 0.2) is 17.9 Å². The van der Waals surface area contributed by atoms with Crippen molar-refractivity contribution in [3.05, 3.63) is 28.5 Å². The monoisotopic (exact) mass is 188 g/mol. The van der Waals surface area contributed by atoms with Crippen LogP contribution in [0.25, 0.3) is 0 Å². The van der Waals surface area contributed by atoms with E-state index < -0.39 is 5.82 Å². The first-order valence-corrected chi connectivity index (χ1v) is 3.55. The predicted octanol–water partition coefficient (Wildman–Crippen LogP) is 2.30. The SMILES string of the molecule is COc1c(F)cc(Cl)cc1C=O. The fourth-order valence-electron chi connectivity index (χ4n) is 0.883. The summed E-state index contributed by atoms with van der Waals surface area (Å²) in [4.78, 5) is 10.4. The molecular formula is C8H6ClFO2. The van der Waals surface area contributed by atoms with Crippen LogP contribution >= 0.6 is 11.6 Å². The molecule has 0 saturated carbocycles. The van der Waals surface area contributed by atoms with E-state index in [1.165, 1.54) is 13.2 Å². The maximum Gasteiger partial charge on any atom is 0.167 e. The van der Waals surface area contributed by atoms with E-state index in [0.29, 0.717) is 6.29 Å². The standard InChI is InChI=1S/C8H6ClFO2/c1-12-8-5(4-11)2-6(9)3-7(8)10/h2-4H,1H3. The zero-order valence-electron chi connectivity index (χ0n) is 6.30. The Morgan fingerprint density at radius 1 is 1.58 bits per heavy atom. The first kappa shape index (κ1) is 9.00. The lowest BCUT2D eigenvalue weighted by molar-refractivity contribution is 0.112. The largest absolute Gasteiger partial charge is 0.493 e. The number of ether oxygens (including phenoxy) is 1. The molecule has 2 nitrogen and oxygen atoms in total.